The Morgan fingerprint density at radius 2 is 1.77 bits per heavy atom. The van der Waals surface area contributed by atoms with Crippen LogP contribution in [-0.4, -0.2) is 89.6 Å². The van der Waals surface area contributed by atoms with Crippen LogP contribution < -0.4 is 15.0 Å². The minimum Gasteiger partial charge on any atom is -0.408 e. The lowest BCUT2D eigenvalue weighted by molar-refractivity contribution is -0.212. The maximum atomic E-state index is 14.5. The zero-order chi connectivity index (χ0) is 33.5. The molecule has 1 aromatic carbocycles. The molecule has 2 aliphatic heterocycles. The molecule has 7 aliphatic rings. The number of likely N-dealkylation sites (N-methyl/N-ethyl adjacent to an activating group) is 2. The van der Waals surface area contributed by atoms with Gasteiger partial charge in [0.25, 0.3) is 0 Å². The van der Waals surface area contributed by atoms with Crippen LogP contribution in [0.2, 0.25) is 0 Å². The summed E-state index contributed by atoms with van der Waals surface area (Å²) in [5.41, 5.74) is 5.64. The number of carbonyl (C=O) groups is 4. The highest BCUT2D eigenvalue weighted by molar-refractivity contribution is 6.19. The number of aryl methyl sites for hydroxylation is 2. The molecule has 3 aromatic rings. The average molecular weight is 671 g/mol. The summed E-state index contributed by atoms with van der Waals surface area (Å²) in [7, 11) is 3.52. The summed E-state index contributed by atoms with van der Waals surface area (Å²) < 4.78 is 5.92. The van der Waals surface area contributed by atoms with Gasteiger partial charge in [-0.2, -0.15) is 0 Å². The SMILES string of the molecule is CNCCN(C)C(=O)Oc1cc2c(c3c(C)c[nH]c13)[C@H](CCl)CN2C(=O)C12CC(C(=O)N3C[C@H]4C[C@@]45C3=CC(=O)c3[nH]cc(C)c35)(C1)C2. The van der Waals surface area contributed by atoms with Crippen LogP contribution in [0.15, 0.2) is 30.2 Å². The number of alkyl halides is 1. The number of nitrogens with one attached hydrogen (secondary N) is 3. The molecule has 48 heavy (non-hydrogen) atoms. The second-order valence-electron chi connectivity index (χ2n) is 15.2. The lowest BCUT2D eigenvalue weighted by Crippen LogP contribution is -2.72. The Balaban J connectivity index is 0.977. The van der Waals surface area contributed by atoms with Crippen LogP contribution in [0.1, 0.15) is 64.3 Å². The minimum atomic E-state index is -0.609. The van der Waals surface area contributed by atoms with E-state index in [1.54, 1.807) is 19.2 Å². The van der Waals surface area contributed by atoms with Crippen LogP contribution in [0.25, 0.3) is 10.9 Å². The predicted octanol–water partition coefficient (Wildman–Crippen LogP) is 4.48. The molecule has 3 atom stereocenters. The Kier molecular flexibility index (Phi) is 6.10. The molecule has 3 N–H and O–H groups in total. The van der Waals surface area contributed by atoms with Crippen LogP contribution in [-0.2, 0) is 15.0 Å². The molecular formula is C36H39ClN6O5. The predicted molar refractivity (Wildman–Crippen MR) is 180 cm³/mol. The van der Waals surface area contributed by atoms with Gasteiger partial charge in [0, 0.05) is 86.1 Å². The van der Waals surface area contributed by atoms with E-state index < -0.39 is 16.9 Å². The molecule has 250 valence electrons. The van der Waals surface area contributed by atoms with Crippen LogP contribution in [0.5, 0.6) is 5.75 Å². The van der Waals surface area contributed by atoms with Crippen LogP contribution in [0.3, 0.4) is 0 Å². The molecule has 1 saturated heterocycles. The van der Waals surface area contributed by atoms with E-state index in [4.69, 9.17) is 16.3 Å². The summed E-state index contributed by atoms with van der Waals surface area (Å²) in [4.78, 5) is 66.4. The Bertz CT molecular complexity index is 2010. The van der Waals surface area contributed by atoms with Crippen molar-refractivity contribution < 1.29 is 23.9 Å². The molecule has 2 aromatic heterocycles. The number of rotatable bonds is 7. The number of ether oxygens (including phenoxy) is 1. The summed E-state index contributed by atoms with van der Waals surface area (Å²) >= 11 is 6.54. The van der Waals surface area contributed by atoms with Gasteiger partial charge in [-0.25, -0.2) is 4.79 Å². The summed E-state index contributed by atoms with van der Waals surface area (Å²) in [6.07, 6.45) is 7.45. The number of halogens is 1. The molecule has 10 rings (SSSR count). The van der Waals surface area contributed by atoms with E-state index in [2.05, 4.69) is 15.3 Å². The van der Waals surface area contributed by atoms with Crippen molar-refractivity contribution >= 4 is 51.9 Å². The van der Waals surface area contributed by atoms with Crippen molar-refractivity contribution in [3.8, 4) is 5.75 Å². The first-order valence-electron chi connectivity index (χ1n) is 16.9. The standard InChI is InChI=1S/C36H39ClN6O5/c1-18-11-40-30-24(48-33(47)41(4)6-5-38-3)7-22-27(26(18)30)20(10-37)13-42(22)31(45)34-15-35(16-34,17-34)32(46)43-14-21-9-36(21)25(43)8-23(44)29-28(36)19(2)12-39-29/h7-8,11-12,20-21,38-40H,5-6,9-10,13-17H2,1-4H3/t20-,21-,34?,35?,36+/m1/s1. The van der Waals surface area contributed by atoms with Crippen molar-refractivity contribution in [3.05, 3.63) is 58.2 Å². The summed E-state index contributed by atoms with van der Waals surface area (Å²) in [6, 6.07) is 1.80. The zero-order valence-electron chi connectivity index (χ0n) is 27.6. The third kappa shape index (κ3) is 3.64. The largest absolute Gasteiger partial charge is 0.415 e. The molecule has 12 heteroatoms. The van der Waals surface area contributed by atoms with Crippen LogP contribution in [0, 0.1) is 30.6 Å². The number of likely N-dealkylation sites (tertiary alicyclic amines) is 1. The zero-order valence-corrected chi connectivity index (χ0v) is 28.3. The normalized spacial score (nSPS) is 30.2. The molecule has 0 unspecified atom stereocenters. The first-order chi connectivity index (χ1) is 23.0. The summed E-state index contributed by atoms with van der Waals surface area (Å²) in [6.45, 7) is 6.19. The monoisotopic (exact) mass is 670 g/mol. The molecule has 4 heterocycles. The maximum Gasteiger partial charge on any atom is 0.415 e. The quantitative estimate of drug-likeness (QED) is 0.318. The van der Waals surface area contributed by atoms with Gasteiger partial charge in [-0.1, -0.05) is 0 Å². The number of hydrogen-bond acceptors (Lipinski definition) is 6. The second kappa shape index (κ2) is 9.75. The number of piperidine rings is 1. The fourth-order valence-electron chi connectivity index (χ4n) is 10.0. The van der Waals surface area contributed by atoms with Crippen molar-refractivity contribution in [2.45, 2.75) is 50.9 Å². The second-order valence-corrected chi connectivity index (χ2v) is 15.5. The number of hydrogen-bond donors (Lipinski definition) is 3. The average Bonchev–Trinajstić information content (AvgIpc) is 3.40. The lowest BCUT2D eigenvalue weighted by atomic mass is 9.34. The van der Waals surface area contributed by atoms with Crippen molar-refractivity contribution in [2.75, 3.05) is 51.1 Å². The molecule has 2 bridgehead atoms. The third-order valence-electron chi connectivity index (χ3n) is 12.4. The van der Waals surface area contributed by atoms with E-state index in [9.17, 15) is 19.2 Å². The number of aromatic amines is 2. The highest BCUT2D eigenvalue weighted by atomic mass is 35.5. The summed E-state index contributed by atoms with van der Waals surface area (Å²) in [5.74, 6) is 0.934. The number of ketones is 1. The van der Waals surface area contributed by atoms with E-state index in [1.807, 2.05) is 43.1 Å². The number of H-pyrrole nitrogens is 2. The van der Waals surface area contributed by atoms with Gasteiger partial charge in [-0.05, 0) is 74.8 Å². The van der Waals surface area contributed by atoms with Crippen molar-refractivity contribution in [3.63, 3.8) is 0 Å². The van der Waals surface area contributed by atoms with E-state index in [-0.39, 0.29) is 28.9 Å². The van der Waals surface area contributed by atoms with Gasteiger partial charge in [0.1, 0.15) is 0 Å². The highest BCUT2D eigenvalue weighted by Crippen LogP contribution is 2.76. The topological polar surface area (TPSA) is 131 Å². The lowest BCUT2D eigenvalue weighted by Gasteiger charge is -2.69. The molecular weight excluding hydrogens is 632 g/mol. The molecule has 1 spiro atoms. The number of aromatic nitrogens is 2. The first-order valence-corrected chi connectivity index (χ1v) is 17.4. The van der Waals surface area contributed by atoms with Gasteiger partial charge in [-0.15, -0.1) is 11.6 Å². The van der Waals surface area contributed by atoms with Crippen molar-refractivity contribution in [1.82, 2.24) is 25.1 Å². The van der Waals surface area contributed by atoms with Gasteiger partial charge in [0.05, 0.1) is 27.7 Å². The van der Waals surface area contributed by atoms with Gasteiger partial charge in [0.15, 0.2) is 5.75 Å². The van der Waals surface area contributed by atoms with Crippen molar-refractivity contribution in [2.24, 2.45) is 16.7 Å². The number of carbonyl (C=O) groups excluding carboxylic acids is 4. The number of nitrogens with zero attached hydrogens (tertiary/aromatic N) is 3. The van der Waals surface area contributed by atoms with E-state index in [0.29, 0.717) is 74.2 Å². The number of amides is 3. The number of benzene rings is 1. The Hall–Kier alpha value is -4.09. The Labute approximate surface area is 283 Å². The van der Waals surface area contributed by atoms with Gasteiger partial charge < -0.3 is 34.7 Å². The molecule has 3 amide bonds. The minimum absolute atomic E-state index is 0.00221. The van der Waals surface area contributed by atoms with Gasteiger partial charge in [0.2, 0.25) is 17.6 Å². The smallest absolute Gasteiger partial charge is 0.408 e. The fraction of sp³-hybridized carbons (Fsp3) is 0.500. The van der Waals surface area contributed by atoms with E-state index >= 15 is 0 Å². The number of anilines is 1. The molecule has 11 nitrogen and oxygen atoms in total. The fourth-order valence-corrected chi connectivity index (χ4v) is 10.3. The number of fused-ring (bicyclic) bond motifs is 4. The molecule has 5 fully saturated rings. The van der Waals surface area contributed by atoms with Crippen molar-refractivity contribution in [1.29, 1.82) is 0 Å². The highest BCUT2D eigenvalue weighted by Gasteiger charge is 2.78. The Morgan fingerprint density at radius 1 is 1.06 bits per heavy atom. The van der Waals surface area contributed by atoms with E-state index in [1.165, 1.54) is 4.90 Å². The molecule has 4 saturated carbocycles. The molecule has 5 aliphatic carbocycles. The van der Waals surface area contributed by atoms with Crippen LogP contribution in [0.4, 0.5) is 10.5 Å². The first kappa shape index (κ1) is 30.0. The van der Waals surface area contributed by atoms with Gasteiger partial charge in [-0.3, -0.25) is 14.4 Å². The molecule has 0 radical (unpaired) electrons. The number of allylic oxidation sites excluding steroid dienone is 2. The van der Waals surface area contributed by atoms with E-state index in [0.717, 1.165) is 45.4 Å². The van der Waals surface area contributed by atoms with Crippen LogP contribution >= 0.6 is 11.6 Å². The van der Waals surface area contributed by atoms with Gasteiger partial charge >= 0.3 is 6.09 Å². The summed E-state index contributed by atoms with van der Waals surface area (Å²) in [5, 5.41) is 3.96. The Morgan fingerprint density at radius 3 is 2.48 bits per heavy atom. The maximum absolute atomic E-state index is 14.5. The third-order valence-corrected chi connectivity index (χ3v) is 12.7.